The molecule has 0 fully saturated rings. The van der Waals surface area contributed by atoms with Crippen molar-refractivity contribution in [3.63, 3.8) is 0 Å². The van der Waals surface area contributed by atoms with Crippen LogP contribution in [0.15, 0.2) is 34.5 Å². The van der Waals surface area contributed by atoms with E-state index in [2.05, 4.69) is 21.1 Å². The summed E-state index contributed by atoms with van der Waals surface area (Å²) < 4.78 is 5.13. The van der Waals surface area contributed by atoms with Crippen LogP contribution in [0.2, 0.25) is 0 Å². The summed E-state index contributed by atoms with van der Waals surface area (Å²) >= 11 is 0. The van der Waals surface area contributed by atoms with E-state index < -0.39 is 12.6 Å². The predicted octanol–water partition coefficient (Wildman–Crippen LogP) is 0.502. The maximum absolute atomic E-state index is 11.8. The van der Waals surface area contributed by atoms with Gasteiger partial charge in [-0.25, -0.2) is 15.6 Å². The van der Waals surface area contributed by atoms with Crippen LogP contribution in [0.25, 0.3) is 0 Å². The highest BCUT2D eigenvalue weighted by molar-refractivity contribution is 6.07. The minimum Gasteiger partial charge on any atom is -0.481 e. The number of hydrazone groups is 2. The highest BCUT2D eigenvalue weighted by atomic mass is 16.5. The zero-order valence-corrected chi connectivity index (χ0v) is 13.6. The maximum Gasteiger partial charge on any atom is 0.341 e. The SMILES string of the molecule is CC1=NNC(=O)[C@H]1CCC(=O)NN=Cc1ccccc1OCC(=O)O. The molecule has 25 heavy (non-hydrogen) atoms. The lowest BCUT2D eigenvalue weighted by atomic mass is 9.99. The van der Waals surface area contributed by atoms with Gasteiger partial charge in [-0.15, -0.1) is 0 Å². The zero-order valence-electron chi connectivity index (χ0n) is 13.6. The molecule has 2 rings (SSSR count). The summed E-state index contributed by atoms with van der Waals surface area (Å²) in [6.07, 6.45) is 1.84. The van der Waals surface area contributed by atoms with Gasteiger partial charge in [0.2, 0.25) is 11.8 Å². The number of rotatable bonds is 8. The number of hydrogen-bond donors (Lipinski definition) is 3. The lowest BCUT2D eigenvalue weighted by molar-refractivity contribution is -0.139. The average molecular weight is 346 g/mol. The summed E-state index contributed by atoms with van der Waals surface area (Å²) in [7, 11) is 0. The molecule has 0 saturated heterocycles. The molecule has 132 valence electrons. The number of benzene rings is 1. The van der Waals surface area contributed by atoms with E-state index in [4.69, 9.17) is 9.84 Å². The lowest BCUT2D eigenvalue weighted by Gasteiger charge is -2.07. The first-order chi connectivity index (χ1) is 12.0. The second kappa shape index (κ2) is 8.57. The Morgan fingerprint density at radius 3 is 2.88 bits per heavy atom. The van der Waals surface area contributed by atoms with Crippen LogP contribution >= 0.6 is 0 Å². The second-order valence-corrected chi connectivity index (χ2v) is 5.33. The van der Waals surface area contributed by atoms with Crippen LogP contribution in [0.4, 0.5) is 0 Å². The van der Waals surface area contributed by atoms with E-state index >= 15 is 0 Å². The first-order valence-corrected chi connectivity index (χ1v) is 7.57. The number of carbonyl (C=O) groups is 3. The minimum atomic E-state index is -1.09. The van der Waals surface area contributed by atoms with Gasteiger partial charge in [-0.1, -0.05) is 12.1 Å². The van der Waals surface area contributed by atoms with Gasteiger partial charge in [-0.2, -0.15) is 10.2 Å². The van der Waals surface area contributed by atoms with E-state index in [9.17, 15) is 14.4 Å². The highest BCUT2D eigenvalue weighted by Crippen LogP contribution is 2.16. The minimum absolute atomic E-state index is 0.124. The number of amides is 2. The monoisotopic (exact) mass is 346 g/mol. The van der Waals surface area contributed by atoms with Gasteiger partial charge in [0, 0.05) is 17.7 Å². The molecular formula is C16H18N4O5. The lowest BCUT2D eigenvalue weighted by Crippen LogP contribution is -2.25. The number of aliphatic carboxylic acids is 1. The number of para-hydroxylation sites is 1. The Bertz CT molecular complexity index is 729. The van der Waals surface area contributed by atoms with Crippen LogP contribution in [0.3, 0.4) is 0 Å². The Morgan fingerprint density at radius 1 is 1.44 bits per heavy atom. The van der Waals surface area contributed by atoms with Crippen LogP contribution in [0.5, 0.6) is 5.75 Å². The summed E-state index contributed by atoms with van der Waals surface area (Å²) in [5.74, 6) is -1.68. The highest BCUT2D eigenvalue weighted by Gasteiger charge is 2.26. The van der Waals surface area contributed by atoms with Crippen molar-refractivity contribution in [2.24, 2.45) is 16.1 Å². The fraction of sp³-hybridized carbons (Fsp3) is 0.312. The van der Waals surface area contributed by atoms with E-state index in [1.165, 1.54) is 6.21 Å². The van der Waals surface area contributed by atoms with Gasteiger partial charge in [0.1, 0.15) is 5.75 Å². The molecule has 1 aromatic carbocycles. The Morgan fingerprint density at radius 2 is 2.20 bits per heavy atom. The second-order valence-electron chi connectivity index (χ2n) is 5.33. The molecule has 0 radical (unpaired) electrons. The van der Waals surface area contributed by atoms with E-state index in [1.807, 2.05) is 0 Å². The average Bonchev–Trinajstić information content (AvgIpc) is 2.90. The number of carboxylic acids is 1. The third-order valence-electron chi connectivity index (χ3n) is 3.49. The van der Waals surface area contributed by atoms with Crippen molar-refractivity contribution in [3.8, 4) is 5.75 Å². The molecule has 1 aliphatic rings. The molecule has 9 heteroatoms. The zero-order chi connectivity index (χ0) is 18.2. The molecule has 0 unspecified atom stereocenters. The summed E-state index contributed by atoms with van der Waals surface area (Å²) in [5, 5.41) is 16.3. The Hall–Kier alpha value is -3.23. The molecule has 2 amide bonds. The van der Waals surface area contributed by atoms with Gasteiger partial charge in [-0.3, -0.25) is 9.59 Å². The molecular weight excluding hydrogens is 328 g/mol. The van der Waals surface area contributed by atoms with Crippen molar-refractivity contribution in [1.29, 1.82) is 0 Å². The van der Waals surface area contributed by atoms with Gasteiger partial charge in [0.15, 0.2) is 6.61 Å². The summed E-state index contributed by atoms with van der Waals surface area (Å²) in [5.41, 5.74) is 5.92. The predicted molar refractivity (Wildman–Crippen MR) is 89.3 cm³/mol. The van der Waals surface area contributed by atoms with Crippen LogP contribution in [-0.2, 0) is 14.4 Å². The molecule has 1 heterocycles. The molecule has 0 aromatic heterocycles. The number of hydrogen-bond acceptors (Lipinski definition) is 6. The molecule has 0 spiro atoms. The molecule has 0 saturated carbocycles. The van der Waals surface area contributed by atoms with Crippen molar-refractivity contribution < 1.29 is 24.2 Å². The van der Waals surface area contributed by atoms with E-state index in [1.54, 1.807) is 31.2 Å². The van der Waals surface area contributed by atoms with Crippen LogP contribution in [0, 0.1) is 5.92 Å². The molecule has 3 N–H and O–H groups in total. The van der Waals surface area contributed by atoms with Crippen molar-refractivity contribution >= 4 is 29.7 Å². The van der Waals surface area contributed by atoms with Crippen LogP contribution in [0.1, 0.15) is 25.3 Å². The largest absolute Gasteiger partial charge is 0.481 e. The molecule has 0 bridgehead atoms. The van der Waals surface area contributed by atoms with E-state index in [0.717, 1.165) is 0 Å². The van der Waals surface area contributed by atoms with Gasteiger partial charge >= 0.3 is 5.97 Å². The normalized spacial score (nSPS) is 16.4. The fourth-order valence-electron chi connectivity index (χ4n) is 2.19. The number of carboxylic acid groups (broad SMARTS) is 1. The third-order valence-corrected chi connectivity index (χ3v) is 3.49. The van der Waals surface area contributed by atoms with Crippen molar-refractivity contribution in [2.75, 3.05) is 6.61 Å². The fourth-order valence-corrected chi connectivity index (χ4v) is 2.19. The van der Waals surface area contributed by atoms with Gasteiger partial charge < -0.3 is 9.84 Å². The standard InChI is InChI=1S/C16H18N4O5/c1-10-12(16(24)20-18-10)6-7-14(21)19-17-8-11-4-2-3-5-13(11)25-9-15(22)23/h2-5,8,12H,6-7,9H2,1H3,(H,19,21)(H,20,24)(H,22,23)/t12-/m0/s1. The molecule has 1 atom stereocenters. The molecule has 1 aromatic rings. The van der Waals surface area contributed by atoms with E-state index in [-0.39, 0.29) is 24.2 Å². The maximum atomic E-state index is 11.8. The smallest absolute Gasteiger partial charge is 0.341 e. The van der Waals surface area contributed by atoms with Gasteiger partial charge in [0.05, 0.1) is 12.1 Å². The topological polar surface area (TPSA) is 129 Å². The van der Waals surface area contributed by atoms with Gasteiger partial charge in [0.25, 0.3) is 0 Å². The quantitative estimate of drug-likeness (QED) is 0.466. The number of nitrogens with one attached hydrogen (secondary N) is 2. The molecule has 9 nitrogen and oxygen atoms in total. The van der Waals surface area contributed by atoms with Crippen molar-refractivity contribution in [2.45, 2.75) is 19.8 Å². The van der Waals surface area contributed by atoms with Crippen LogP contribution < -0.4 is 15.6 Å². The Labute approximate surface area is 143 Å². The number of nitrogens with zero attached hydrogens (tertiary/aromatic N) is 2. The van der Waals surface area contributed by atoms with Crippen LogP contribution in [-0.4, -0.2) is 41.4 Å². The summed E-state index contributed by atoms with van der Waals surface area (Å²) in [6.45, 7) is 1.26. The third kappa shape index (κ3) is 5.41. The Balaban J connectivity index is 1.84. The molecule has 0 aliphatic carbocycles. The van der Waals surface area contributed by atoms with Crippen molar-refractivity contribution in [3.05, 3.63) is 29.8 Å². The Kier molecular flexibility index (Phi) is 6.21. The van der Waals surface area contributed by atoms with Crippen molar-refractivity contribution in [1.82, 2.24) is 10.9 Å². The summed E-state index contributed by atoms with van der Waals surface area (Å²) in [6, 6.07) is 6.71. The first kappa shape index (κ1) is 18.1. The molecule has 1 aliphatic heterocycles. The van der Waals surface area contributed by atoms with Gasteiger partial charge in [-0.05, 0) is 25.5 Å². The number of carbonyl (C=O) groups excluding carboxylic acids is 2. The summed E-state index contributed by atoms with van der Waals surface area (Å²) in [4.78, 5) is 33.9. The number of ether oxygens (including phenoxy) is 1. The van der Waals surface area contributed by atoms with E-state index in [0.29, 0.717) is 23.4 Å². The first-order valence-electron chi connectivity index (χ1n) is 7.57.